The summed E-state index contributed by atoms with van der Waals surface area (Å²) in [6.07, 6.45) is 0.972. The zero-order chi connectivity index (χ0) is 18.0. The maximum atomic E-state index is 12.6. The van der Waals surface area contributed by atoms with E-state index in [1.807, 2.05) is 32.2 Å². The van der Waals surface area contributed by atoms with Crippen molar-refractivity contribution in [1.29, 1.82) is 0 Å². The van der Waals surface area contributed by atoms with Crippen LogP contribution in [0.25, 0.3) is 0 Å². The molecule has 0 saturated carbocycles. The molecule has 2 amide bonds. The number of amides is 2. The highest BCUT2D eigenvalue weighted by molar-refractivity contribution is 7.14. The van der Waals surface area contributed by atoms with E-state index in [1.54, 1.807) is 16.3 Å². The lowest BCUT2D eigenvalue weighted by Crippen LogP contribution is -2.38. The maximum absolute atomic E-state index is 12.6. The Bertz CT molecular complexity index is 789. The van der Waals surface area contributed by atoms with Crippen molar-refractivity contribution >= 4 is 28.3 Å². The van der Waals surface area contributed by atoms with Crippen LogP contribution in [0.3, 0.4) is 0 Å². The summed E-state index contributed by atoms with van der Waals surface area (Å²) in [6.45, 7) is 3.76. The van der Waals surface area contributed by atoms with Crippen LogP contribution in [0.1, 0.15) is 32.8 Å². The van der Waals surface area contributed by atoms with Gasteiger partial charge in [-0.15, -0.1) is 11.3 Å². The van der Waals surface area contributed by atoms with Gasteiger partial charge in [0.15, 0.2) is 5.13 Å². The number of likely N-dealkylation sites (tertiary alicyclic amines) is 1. The fourth-order valence-corrected chi connectivity index (χ4v) is 3.68. The van der Waals surface area contributed by atoms with Gasteiger partial charge < -0.3 is 9.80 Å². The van der Waals surface area contributed by atoms with Crippen LogP contribution in [0.2, 0.25) is 0 Å². The molecular formula is C18H22N4O2S. The van der Waals surface area contributed by atoms with Crippen LogP contribution in [0.4, 0.5) is 5.13 Å². The van der Waals surface area contributed by atoms with Gasteiger partial charge in [-0.25, -0.2) is 4.98 Å². The number of anilines is 1. The number of rotatable bonds is 4. The van der Waals surface area contributed by atoms with Gasteiger partial charge in [-0.2, -0.15) is 0 Å². The highest BCUT2D eigenvalue weighted by Gasteiger charge is 2.28. The van der Waals surface area contributed by atoms with Crippen molar-refractivity contribution in [3.8, 4) is 0 Å². The predicted molar refractivity (Wildman–Crippen MR) is 99.2 cm³/mol. The largest absolute Gasteiger partial charge is 0.336 e. The summed E-state index contributed by atoms with van der Waals surface area (Å²) >= 11 is 1.27. The molecule has 1 fully saturated rings. The molecule has 1 N–H and O–H groups in total. The molecule has 1 aliphatic rings. The normalized spacial score (nSPS) is 17.5. The van der Waals surface area contributed by atoms with E-state index in [4.69, 9.17) is 0 Å². The predicted octanol–water partition coefficient (Wildman–Crippen LogP) is 2.48. The van der Waals surface area contributed by atoms with Crippen LogP contribution < -0.4 is 5.32 Å². The van der Waals surface area contributed by atoms with Gasteiger partial charge in [0.25, 0.3) is 11.8 Å². The Kier molecular flexibility index (Phi) is 5.15. The molecule has 1 saturated heterocycles. The minimum absolute atomic E-state index is 0.104. The molecule has 2 heterocycles. The van der Waals surface area contributed by atoms with Crippen molar-refractivity contribution < 1.29 is 9.59 Å². The molecule has 25 heavy (non-hydrogen) atoms. The lowest BCUT2D eigenvalue weighted by atomic mass is 10.1. The number of thiazole rings is 1. The van der Waals surface area contributed by atoms with Crippen molar-refractivity contribution in [1.82, 2.24) is 14.8 Å². The maximum Gasteiger partial charge on any atom is 0.273 e. The molecule has 1 aromatic carbocycles. The molecule has 1 atom stereocenters. The summed E-state index contributed by atoms with van der Waals surface area (Å²) < 4.78 is 0. The second kappa shape index (κ2) is 7.33. The lowest BCUT2D eigenvalue weighted by molar-refractivity contribution is 0.0732. The first kappa shape index (κ1) is 17.6. The highest BCUT2D eigenvalue weighted by Crippen LogP contribution is 2.20. The summed E-state index contributed by atoms with van der Waals surface area (Å²) in [7, 11) is 3.87. The van der Waals surface area contributed by atoms with Gasteiger partial charge in [-0.3, -0.25) is 14.9 Å². The third kappa shape index (κ3) is 3.88. The molecule has 0 spiro atoms. The Morgan fingerprint density at radius 3 is 2.80 bits per heavy atom. The van der Waals surface area contributed by atoms with E-state index in [2.05, 4.69) is 22.2 Å². The highest BCUT2D eigenvalue weighted by atomic mass is 32.1. The Hall–Kier alpha value is -2.25. The van der Waals surface area contributed by atoms with Crippen molar-refractivity contribution in [2.45, 2.75) is 19.4 Å². The van der Waals surface area contributed by atoms with E-state index < -0.39 is 0 Å². The smallest absolute Gasteiger partial charge is 0.273 e. The molecule has 0 bridgehead atoms. The molecule has 1 aromatic heterocycles. The van der Waals surface area contributed by atoms with Crippen molar-refractivity contribution in [2.75, 3.05) is 32.5 Å². The van der Waals surface area contributed by atoms with Crippen molar-refractivity contribution in [3.63, 3.8) is 0 Å². The van der Waals surface area contributed by atoms with Gasteiger partial charge in [0.2, 0.25) is 0 Å². The lowest BCUT2D eigenvalue weighted by Gasteiger charge is -2.23. The Morgan fingerprint density at radius 2 is 2.12 bits per heavy atom. The average Bonchev–Trinajstić information content (AvgIpc) is 3.23. The number of carbonyl (C=O) groups excluding carboxylic acids is 2. The Balaban J connectivity index is 1.67. The minimum atomic E-state index is -0.211. The number of nitrogens with one attached hydrogen (secondary N) is 1. The molecule has 0 radical (unpaired) electrons. The number of nitrogens with zero attached hydrogens (tertiary/aromatic N) is 3. The SMILES string of the molecule is Cc1ccccc1C(=O)Nc1nc(C(=O)N(C)[C@@H]2CCN(C)C2)cs1. The van der Waals surface area contributed by atoms with Crippen molar-refractivity contribution in [3.05, 3.63) is 46.5 Å². The molecule has 0 aliphatic carbocycles. The summed E-state index contributed by atoms with van der Waals surface area (Å²) in [6, 6.07) is 7.59. The number of aromatic nitrogens is 1. The second-order valence-electron chi connectivity index (χ2n) is 6.43. The van der Waals surface area contributed by atoms with Crippen LogP contribution in [-0.4, -0.2) is 59.8 Å². The molecule has 3 rings (SSSR count). The molecule has 0 unspecified atom stereocenters. The first-order valence-electron chi connectivity index (χ1n) is 8.24. The van der Waals surface area contributed by atoms with E-state index in [0.717, 1.165) is 25.1 Å². The van der Waals surface area contributed by atoms with Crippen molar-refractivity contribution in [2.24, 2.45) is 0 Å². The van der Waals surface area contributed by atoms with Gasteiger partial charge in [0.1, 0.15) is 5.69 Å². The van der Waals surface area contributed by atoms with Crippen LogP contribution in [-0.2, 0) is 0 Å². The van der Waals surface area contributed by atoms with E-state index in [-0.39, 0.29) is 17.9 Å². The zero-order valence-corrected chi connectivity index (χ0v) is 15.5. The number of carbonyl (C=O) groups is 2. The summed E-state index contributed by atoms with van der Waals surface area (Å²) in [4.78, 5) is 33.2. The third-order valence-electron chi connectivity index (χ3n) is 4.57. The number of aryl methyl sites for hydroxylation is 1. The molecule has 1 aliphatic heterocycles. The van der Waals surface area contributed by atoms with Crippen LogP contribution in [0.5, 0.6) is 0 Å². The first-order valence-corrected chi connectivity index (χ1v) is 9.12. The number of benzene rings is 1. The van der Waals surface area contributed by atoms with E-state index in [0.29, 0.717) is 16.4 Å². The topological polar surface area (TPSA) is 65.5 Å². The minimum Gasteiger partial charge on any atom is -0.336 e. The van der Waals surface area contributed by atoms with E-state index in [9.17, 15) is 9.59 Å². The average molecular weight is 358 g/mol. The summed E-state index contributed by atoms with van der Waals surface area (Å²) in [5.74, 6) is -0.315. The van der Waals surface area contributed by atoms with Crippen LogP contribution in [0, 0.1) is 6.92 Å². The van der Waals surface area contributed by atoms with Gasteiger partial charge >= 0.3 is 0 Å². The summed E-state index contributed by atoms with van der Waals surface area (Å²) in [5, 5.41) is 4.92. The Morgan fingerprint density at radius 1 is 1.36 bits per heavy atom. The second-order valence-corrected chi connectivity index (χ2v) is 7.29. The molecule has 7 heteroatoms. The molecule has 2 aromatic rings. The fourth-order valence-electron chi connectivity index (χ4n) is 3.00. The van der Waals surface area contributed by atoms with Gasteiger partial charge in [0.05, 0.1) is 0 Å². The standard InChI is InChI=1S/C18H22N4O2S/c1-12-6-4-5-7-14(12)16(23)20-18-19-15(11-25-18)17(24)22(3)13-8-9-21(2)10-13/h4-7,11,13H,8-10H2,1-3H3,(H,19,20,23)/t13-/m1/s1. The first-order chi connectivity index (χ1) is 12.0. The number of hydrogen-bond donors (Lipinski definition) is 1. The number of likely N-dealkylation sites (N-methyl/N-ethyl adjacent to an activating group) is 2. The van der Waals surface area contributed by atoms with Gasteiger partial charge in [-0.05, 0) is 38.6 Å². The summed E-state index contributed by atoms with van der Waals surface area (Å²) in [5.41, 5.74) is 1.89. The van der Waals surface area contributed by atoms with E-state index >= 15 is 0 Å². The monoisotopic (exact) mass is 358 g/mol. The molecular weight excluding hydrogens is 336 g/mol. The third-order valence-corrected chi connectivity index (χ3v) is 5.33. The fraction of sp³-hybridized carbons (Fsp3) is 0.389. The van der Waals surface area contributed by atoms with Gasteiger partial charge in [0, 0.05) is 30.6 Å². The quantitative estimate of drug-likeness (QED) is 0.912. The Labute approximate surface area is 151 Å². The van der Waals surface area contributed by atoms with Crippen LogP contribution in [0.15, 0.2) is 29.6 Å². The van der Waals surface area contributed by atoms with Gasteiger partial charge in [-0.1, -0.05) is 18.2 Å². The molecule has 6 nitrogen and oxygen atoms in total. The van der Waals surface area contributed by atoms with Crippen LogP contribution >= 0.6 is 11.3 Å². The number of hydrogen-bond acceptors (Lipinski definition) is 5. The van der Waals surface area contributed by atoms with E-state index in [1.165, 1.54) is 11.3 Å². The zero-order valence-electron chi connectivity index (χ0n) is 14.7. The molecule has 132 valence electrons.